The predicted octanol–water partition coefficient (Wildman–Crippen LogP) is 11.5. The van der Waals surface area contributed by atoms with Crippen LogP contribution in [0.3, 0.4) is 0 Å². The van der Waals surface area contributed by atoms with Gasteiger partial charge in [0, 0.05) is 43.8 Å². The Morgan fingerprint density at radius 3 is 2.04 bits per heavy atom. The molecule has 0 aliphatic carbocycles. The molecule has 3 aromatic heterocycles. The van der Waals surface area contributed by atoms with Gasteiger partial charge in [-0.2, -0.15) is 0 Å². The van der Waals surface area contributed by atoms with Gasteiger partial charge in [0.1, 0.15) is 11.2 Å². The summed E-state index contributed by atoms with van der Waals surface area (Å²) < 4.78 is 86.7. The van der Waals surface area contributed by atoms with E-state index >= 15 is 0 Å². The first kappa shape index (κ1) is 20.5. The highest BCUT2D eigenvalue weighted by atomic mass is 16.3. The largest absolute Gasteiger partial charge is 0.456 e. The molecule has 0 fully saturated rings. The third kappa shape index (κ3) is 4.52. The van der Waals surface area contributed by atoms with E-state index in [1.165, 1.54) is 0 Å². The smallest absolute Gasteiger partial charge is 0.166 e. The van der Waals surface area contributed by atoms with E-state index in [9.17, 15) is 1.37 Å². The zero-order valence-electron chi connectivity index (χ0n) is 35.2. The van der Waals surface area contributed by atoms with Crippen molar-refractivity contribution in [3.63, 3.8) is 0 Å². The van der Waals surface area contributed by atoms with E-state index in [4.69, 9.17) is 30.3 Å². The maximum absolute atomic E-state index is 9.26. The van der Waals surface area contributed by atoms with Gasteiger partial charge >= 0.3 is 0 Å². The molecule has 0 unspecified atom stereocenters. The maximum atomic E-state index is 9.26. The molecule has 234 valence electrons. The summed E-state index contributed by atoms with van der Waals surface area (Å²) in [6.45, 7) is 0. The van der Waals surface area contributed by atoms with Crippen LogP contribution in [0.25, 0.3) is 94.7 Å². The summed E-state index contributed by atoms with van der Waals surface area (Å²) in [7, 11) is 0. The number of nitrogens with zero attached hydrogens (tertiary/aromatic N) is 4. The first-order chi connectivity index (χ1) is 28.5. The quantitative estimate of drug-likeness (QED) is 0.186. The van der Waals surface area contributed by atoms with Gasteiger partial charge in [0.2, 0.25) is 0 Å². The van der Waals surface area contributed by atoms with Crippen molar-refractivity contribution in [2.24, 2.45) is 0 Å². The van der Waals surface area contributed by atoms with E-state index < -0.39 is 42.3 Å². The standard InChI is InChI=1S/C45H28N4O/c1-3-14-29(15-4-1)32-21-13-22-36-33-18-7-10-23-38(33)49(42(32)36)39-24-11-8-20-37(39)45-47-43(30-16-5-2-6-17-30)46-44(48-45)31-26-27-35-34-19-9-12-25-40(34)50-41(35)28-31/h1-28H/i1D,3D,4D,7D,10D,14D,15D,18D,23D. The van der Waals surface area contributed by atoms with Crippen molar-refractivity contribution in [2.75, 3.05) is 0 Å². The molecule has 0 aliphatic heterocycles. The molecule has 0 bridgehead atoms. The number of para-hydroxylation sites is 4. The van der Waals surface area contributed by atoms with Crippen LogP contribution in [0.15, 0.2) is 174 Å². The van der Waals surface area contributed by atoms with Crippen LogP contribution in [-0.2, 0) is 0 Å². The minimum atomic E-state index is -0.541. The summed E-state index contributed by atoms with van der Waals surface area (Å²) in [5.41, 5.74) is 4.31. The van der Waals surface area contributed by atoms with E-state index in [-0.39, 0.29) is 39.9 Å². The summed E-state index contributed by atoms with van der Waals surface area (Å²) in [6.07, 6.45) is 0. The fourth-order valence-electron chi connectivity index (χ4n) is 6.66. The molecule has 0 atom stereocenters. The molecule has 0 saturated heterocycles. The van der Waals surface area contributed by atoms with Gasteiger partial charge in [-0.25, -0.2) is 15.0 Å². The normalized spacial score (nSPS) is 14.1. The van der Waals surface area contributed by atoms with E-state index in [2.05, 4.69) is 0 Å². The van der Waals surface area contributed by atoms with Gasteiger partial charge in [-0.15, -0.1) is 0 Å². The lowest BCUT2D eigenvalue weighted by molar-refractivity contribution is 0.669. The second-order valence-electron chi connectivity index (χ2n) is 11.8. The fraction of sp³-hybridized carbons (Fsp3) is 0. The van der Waals surface area contributed by atoms with Crippen molar-refractivity contribution in [1.82, 2.24) is 19.5 Å². The Morgan fingerprint density at radius 1 is 0.460 bits per heavy atom. The average Bonchev–Trinajstić information content (AvgIpc) is 3.83. The van der Waals surface area contributed by atoms with Crippen molar-refractivity contribution >= 4 is 43.7 Å². The summed E-state index contributed by atoms with van der Waals surface area (Å²) >= 11 is 0. The van der Waals surface area contributed by atoms with Crippen molar-refractivity contribution in [3.05, 3.63) is 170 Å². The molecular formula is C45H28N4O. The lowest BCUT2D eigenvalue weighted by atomic mass is 10.0. The number of hydrogen-bond donors (Lipinski definition) is 0. The van der Waals surface area contributed by atoms with Crippen molar-refractivity contribution in [1.29, 1.82) is 0 Å². The number of fused-ring (bicyclic) bond motifs is 6. The molecule has 3 heterocycles. The minimum Gasteiger partial charge on any atom is -0.456 e. The molecule has 0 radical (unpaired) electrons. The summed E-state index contributed by atoms with van der Waals surface area (Å²) in [4.78, 5) is 15.0. The van der Waals surface area contributed by atoms with E-state index in [0.717, 1.165) is 21.9 Å². The Balaban J connectivity index is 1.30. The highest BCUT2D eigenvalue weighted by Crippen LogP contribution is 2.40. The van der Waals surface area contributed by atoms with Crippen LogP contribution >= 0.6 is 0 Å². The minimum absolute atomic E-state index is 0.0758. The van der Waals surface area contributed by atoms with Crippen molar-refractivity contribution < 1.29 is 16.8 Å². The molecule has 5 nitrogen and oxygen atoms in total. The maximum Gasteiger partial charge on any atom is 0.166 e. The highest BCUT2D eigenvalue weighted by molar-refractivity contribution is 6.14. The summed E-state index contributed by atoms with van der Waals surface area (Å²) in [5, 5.41) is 2.52. The Kier molecular flexibility index (Phi) is 4.67. The van der Waals surface area contributed by atoms with E-state index in [1.54, 1.807) is 34.9 Å². The van der Waals surface area contributed by atoms with Gasteiger partial charge < -0.3 is 8.98 Å². The van der Waals surface area contributed by atoms with Crippen LogP contribution in [0, 0.1) is 0 Å². The topological polar surface area (TPSA) is 56.7 Å². The molecule has 10 aromatic rings. The molecule has 5 heteroatoms. The average molecular weight is 650 g/mol. The monoisotopic (exact) mass is 649 g/mol. The molecule has 0 aliphatic rings. The molecule has 0 N–H and O–H groups in total. The second-order valence-corrected chi connectivity index (χ2v) is 11.8. The van der Waals surface area contributed by atoms with Crippen LogP contribution in [0.2, 0.25) is 0 Å². The predicted molar refractivity (Wildman–Crippen MR) is 203 cm³/mol. The lowest BCUT2D eigenvalue weighted by Gasteiger charge is -2.16. The van der Waals surface area contributed by atoms with Gasteiger partial charge in [0.15, 0.2) is 17.5 Å². The van der Waals surface area contributed by atoms with Gasteiger partial charge in [-0.05, 0) is 41.9 Å². The zero-order chi connectivity index (χ0) is 40.9. The molecular weight excluding hydrogens is 613 g/mol. The van der Waals surface area contributed by atoms with Crippen LogP contribution in [0.5, 0.6) is 0 Å². The van der Waals surface area contributed by atoms with Crippen LogP contribution in [0.1, 0.15) is 12.3 Å². The Bertz CT molecular complexity index is 3370. The lowest BCUT2D eigenvalue weighted by Crippen LogP contribution is -2.04. The number of aromatic nitrogens is 4. The fourth-order valence-corrected chi connectivity index (χ4v) is 6.66. The van der Waals surface area contributed by atoms with Crippen LogP contribution in [-0.4, -0.2) is 19.5 Å². The van der Waals surface area contributed by atoms with Gasteiger partial charge in [0.25, 0.3) is 0 Å². The first-order valence-corrected chi connectivity index (χ1v) is 16.0. The molecule has 50 heavy (non-hydrogen) atoms. The molecule has 10 rings (SSSR count). The third-order valence-corrected chi connectivity index (χ3v) is 8.88. The van der Waals surface area contributed by atoms with Gasteiger partial charge in [-0.1, -0.05) is 133 Å². The zero-order valence-corrected chi connectivity index (χ0v) is 26.2. The Hall–Kier alpha value is -6.85. The van der Waals surface area contributed by atoms with E-state index in [0.29, 0.717) is 44.9 Å². The van der Waals surface area contributed by atoms with Crippen molar-refractivity contribution in [2.45, 2.75) is 0 Å². The Morgan fingerprint density at radius 2 is 1.14 bits per heavy atom. The molecule has 7 aromatic carbocycles. The van der Waals surface area contributed by atoms with Crippen LogP contribution < -0.4 is 0 Å². The second kappa shape index (κ2) is 11.4. The molecule has 0 saturated carbocycles. The van der Waals surface area contributed by atoms with Crippen LogP contribution in [0.4, 0.5) is 0 Å². The summed E-state index contributed by atoms with van der Waals surface area (Å²) in [6, 6.07) is 31.3. The third-order valence-electron chi connectivity index (χ3n) is 8.88. The van der Waals surface area contributed by atoms with E-state index in [1.807, 2.05) is 84.9 Å². The van der Waals surface area contributed by atoms with Gasteiger partial charge in [0.05, 0.1) is 29.1 Å². The number of furan rings is 1. The Labute approximate surface area is 300 Å². The number of rotatable bonds is 5. The number of benzene rings is 7. The molecule has 0 amide bonds. The first-order valence-electron chi connectivity index (χ1n) is 20.5. The number of hydrogen-bond acceptors (Lipinski definition) is 4. The van der Waals surface area contributed by atoms with Crippen molar-refractivity contribution in [3.8, 4) is 51.0 Å². The highest BCUT2D eigenvalue weighted by Gasteiger charge is 2.21. The summed E-state index contributed by atoms with van der Waals surface area (Å²) in [5.74, 6) is 0.995. The SMILES string of the molecule is [2H]c1c([2H])c([2H])c(-c2cccc3c4c([2H])c([2H])c([2H])c([2H])c4n(-c4ccccc4-c4nc(-c5ccccc5)nc(-c5ccc6c(c5)oc5ccccc56)n4)c23)c([2H])c1[2H]. The van der Waals surface area contributed by atoms with Gasteiger partial charge in [-0.3, -0.25) is 0 Å². The molecule has 0 spiro atoms.